The van der Waals surface area contributed by atoms with E-state index in [0.29, 0.717) is 41.2 Å². The Kier molecular flexibility index (Phi) is 6.72. The predicted octanol–water partition coefficient (Wildman–Crippen LogP) is 2.33. The van der Waals surface area contributed by atoms with Crippen LogP contribution in [0, 0.1) is 23.2 Å². The van der Waals surface area contributed by atoms with E-state index in [1.807, 2.05) is 5.32 Å². The van der Waals surface area contributed by atoms with Gasteiger partial charge in [0.15, 0.2) is 11.3 Å². The molecule has 0 saturated heterocycles. The summed E-state index contributed by atoms with van der Waals surface area (Å²) in [6.45, 7) is 3.28. The molecule has 3 aromatic rings. The van der Waals surface area contributed by atoms with Crippen LogP contribution in [-0.2, 0) is 4.79 Å². The van der Waals surface area contributed by atoms with Crippen LogP contribution in [0.15, 0.2) is 30.5 Å². The lowest BCUT2D eigenvalue weighted by Crippen LogP contribution is -2.62. The summed E-state index contributed by atoms with van der Waals surface area (Å²) in [5, 5.41) is 37.2. The van der Waals surface area contributed by atoms with Crippen LogP contribution in [0.25, 0.3) is 5.65 Å². The molecule has 4 bridgehead atoms. The first-order chi connectivity index (χ1) is 20.3. The molecular weight excluding hydrogens is 552 g/mol. The lowest BCUT2D eigenvalue weighted by atomic mass is 9.51. The summed E-state index contributed by atoms with van der Waals surface area (Å²) < 4.78 is 1.47. The third-order valence-corrected chi connectivity index (χ3v) is 8.57. The maximum atomic E-state index is 13.0. The van der Waals surface area contributed by atoms with E-state index < -0.39 is 29.0 Å². The molecule has 43 heavy (non-hydrogen) atoms. The van der Waals surface area contributed by atoms with Crippen LogP contribution >= 0.6 is 0 Å². The number of hydrogen-bond donors (Lipinski definition) is 6. The number of carbonyl (C=O) groups is 3. The van der Waals surface area contributed by atoms with Crippen molar-refractivity contribution in [1.82, 2.24) is 30.2 Å². The minimum Gasteiger partial charge on any atom is -0.390 e. The Balaban J connectivity index is 1.25. The highest BCUT2D eigenvalue weighted by Crippen LogP contribution is 2.58. The molecule has 4 aliphatic carbocycles. The second-order valence-electron chi connectivity index (χ2n) is 13.0. The monoisotopic (exact) mass is 586 g/mol. The van der Waals surface area contributed by atoms with Crippen LogP contribution < -0.4 is 27.0 Å². The standard InChI is InChI=1S/C29H34N10O4/c1-27(2,12-23(40)35-26(31)42)37-25(41)19-4-3-5-21(33-19)34-20-7-22(38-39-18(13-30)14-32-24(20)39)36-28-8-16-6-17(9-28)11-29(43,10-16)15-28/h3-5,7,14,16-17,43H,6,8-12,15H2,1-2H3,(H,33,34)(H,36,38)(H,37,41)(H3,31,35,40,42). The quantitative estimate of drug-likeness (QED) is 0.227. The number of rotatable bonds is 8. The minimum absolute atomic E-state index is 0.0969. The summed E-state index contributed by atoms with van der Waals surface area (Å²) in [5.41, 5.74) is 4.37. The van der Waals surface area contributed by atoms with Crippen molar-refractivity contribution in [3.63, 3.8) is 0 Å². The molecule has 14 heteroatoms. The average Bonchev–Trinajstić information content (AvgIpc) is 3.29. The zero-order chi connectivity index (χ0) is 30.6. The topological polar surface area (TPSA) is 212 Å². The molecule has 4 amide bonds. The third-order valence-electron chi connectivity index (χ3n) is 8.57. The number of hydrogen-bond acceptors (Lipinski definition) is 10. The maximum absolute atomic E-state index is 13.0. The van der Waals surface area contributed by atoms with Crippen LogP contribution in [0.5, 0.6) is 0 Å². The molecule has 224 valence electrons. The number of aliphatic hydroxyl groups is 1. The van der Waals surface area contributed by atoms with Crippen molar-refractivity contribution in [2.24, 2.45) is 17.6 Å². The van der Waals surface area contributed by atoms with Crippen molar-refractivity contribution in [3.8, 4) is 6.07 Å². The molecule has 4 aliphatic rings. The summed E-state index contributed by atoms with van der Waals surface area (Å²) in [6, 6.07) is 7.85. The molecule has 4 fully saturated rings. The van der Waals surface area contributed by atoms with Crippen molar-refractivity contribution >= 4 is 40.8 Å². The number of imide groups is 1. The van der Waals surface area contributed by atoms with Crippen LogP contribution in [0.1, 0.15) is 75.0 Å². The van der Waals surface area contributed by atoms with Gasteiger partial charge in [-0.05, 0) is 76.3 Å². The van der Waals surface area contributed by atoms with Gasteiger partial charge < -0.3 is 26.8 Å². The van der Waals surface area contributed by atoms with Gasteiger partial charge in [0.1, 0.15) is 23.4 Å². The molecule has 7 N–H and O–H groups in total. The number of amides is 4. The Morgan fingerprint density at radius 2 is 1.93 bits per heavy atom. The highest BCUT2D eigenvalue weighted by Gasteiger charge is 2.57. The Hall–Kier alpha value is -4.77. The molecule has 2 unspecified atom stereocenters. The Morgan fingerprint density at radius 1 is 1.19 bits per heavy atom. The molecule has 3 heterocycles. The zero-order valence-corrected chi connectivity index (χ0v) is 24.0. The van der Waals surface area contributed by atoms with E-state index in [0.717, 1.165) is 32.1 Å². The van der Waals surface area contributed by atoms with E-state index in [1.165, 1.54) is 16.8 Å². The molecule has 0 spiro atoms. The predicted molar refractivity (Wildman–Crippen MR) is 155 cm³/mol. The van der Waals surface area contributed by atoms with Gasteiger partial charge in [0.05, 0.1) is 17.5 Å². The fourth-order valence-corrected chi connectivity index (χ4v) is 7.60. The van der Waals surface area contributed by atoms with Crippen LogP contribution in [0.4, 0.5) is 22.1 Å². The van der Waals surface area contributed by atoms with E-state index in [-0.39, 0.29) is 23.3 Å². The van der Waals surface area contributed by atoms with Crippen molar-refractivity contribution in [2.45, 2.75) is 75.5 Å². The number of anilines is 3. The zero-order valence-electron chi connectivity index (χ0n) is 24.0. The number of fused-ring (bicyclic) bond motifs is 1. The summed E-state index contributed by atoms with van der Waals surface area (Å²) in [4.78, 5) is 44.8. The van der Waals surface area contributed by atoms with Gasteiger partial charge in [-0.1, -0.05) is 6.07 Å². The Morgan fingerprint density at radius 3 is 2.60 bits per heavy atom. The number of primary amides is 1. The fraction of sp³-hybridized carbons (Fsp3) is 0.483. The van der Waals surface area contributed by atoms with Crippen LogP contribution in [0.2, 0.25) is 0 Å². The first-order valence-electron chi connectivity index (χ1n) is 14.3. The van der Waals surface area contributed by atoms with Crippen molar-refractivity contribution in [1.29, 1.82) is 5.26 Å². The molecule has 7 rings (SSSR count). The molecule has 2 atom stereocenters. The number of aromatic nitrogens is 4. The number of pyridine rings is 1. The maximum Gasteiger partial charge on any atom is 0.318 e. The summed E-state index contributed by atoms with van der Waals surface area (Å²) in [5.74, 6) is 0.704. The van der Waals surface area contributed by atoms with Crippen LogP contribution in [0.3, 0.4) is 0 Å². The fourth-order valence-electron chi connectivity index (χ4n) is 7.60. The highest BCUT2D eigenvalue weighted by atomic mass is 16.3. The molecule has 0 aromatic carbocycles. The number of imidazole rings is 1. The second-order valence-corrected chi connectivity index (χ2v) is 13.0. The highest BCUT2D eigenvalue weighted by molar-refractivity contribution is 5.96. The summed E-state index contributed by atoms with van der Waals surface area (Å²) in [6.07, 6.45) is 6.69. The first kappa shape index (κ1) is 28.4. The van der Waals surface area contributed by atoms with Gasteiger partial charge in [0.2, 0.25) is 5.91 Å². The normalized spacial score (nSPS) is 25.6. The number of nitrogens with zero attached hydrogens (tertiary/aromatic N) is 5. The van der Waals surface area contributed by atoms with Crippen LogP contribution in [-0.4, -0.2) is 59.2 Å². The lowest BCUT2D eigenvalue weighted by molar-refractivity contribution is -0.127. The van der Waals surface area contributed by atoms with Gasteiger partial charge in [-0.2, -0.15) is 9.78 Å². The number of nitrogens with two attached hydrogens (primary N) is 1. The van der Waals surface area contributed by atoms with E-state index >= 15 is 0 Å². The summed E-state index contributed by atoms with van der Waals surface area (Å²) >= 11 is 0. The van der Waals surface area contributed by atoms with Crippen molar-refractivity contribution in [2.75, 3.05) is 10.6 Å². The number of carbonyl (C=O) groups excluding carboxylic acids is 3. The molecular formula is C29H34N10O4. The smallest absolute Gasteiger partial charge is 0.318 e. The van der Waals surface area contributed by atoms with Crippen molar-refractivity contribution < 1.29 is 19.5 Å². The molecule has 0 aliphatic heterocycles. The van der Waals surface area contributed by atoms with Gasteiger partial charge in [0, 0.05) is 23.6 Å². The van der Waals surface area contributed by atoms with E-state index in [1.54, 1.807) is 32.0 Å². The van der Waals surface area contributed by atoms with Gasteiger partial charge in [0.25, 0.3) is 5.91 Å². The minimum atomic E-state index is -0.993. The molecule has 3 aromatic heterocycles. The van der Waals surface area contributed by atoms with Gasteiger partial charge in [-0.25, -0.2) is 14.8 Å². The number of nitrogens with one attached hydrogen (secondary N) is 4. The number of nitriles is 1. The van der Waals surface area contributed by atoms with Gasteiger partial charge in [-0.3, -0.25) is 14.9 Å². The molecule has 4 saturated carbocycles. The Labute approximate surface area is 247 Å². The summed E-state index contributed by atoms with van der Waals surface area (Å²) in [7, 11) is 0. The largest absolute Gasteiger partial charge is 0.390 e. The van der Waals surface area contributed by atoms with E-state index in [4.69, 9.17) is 5.73 Å². The SMILES string of the molecule is CC(C)(CC(=O)NC(N)=O)NC(=O)c1cccc(Nc2cc(NC34CC5CC(CC(O)(C5)C3)C4)nn3c(C#N)cnc23)n1. The number of urea groups is 1. The van der Waals surface area contributed by atoms with Gasteiger partial charge in [-0.15, -0.1) is 5.10 Å². The third kappa shape index (κ3) is 5.80. The average molecular weight is 587 g/mol. The van der Waals surface area contributed by atoms with E-state index in [9.17, 15) is 24.8 Å². The van der Waals surface area contributed by atoms with Crippen molar-refractivity contribution in [3.05, 3.63) is 41.9 Å². The molecule has 0 radical (unpaired) electrons. The van der Waals surface area contributed by atoms with E-state index in [2.05, 4.69) is 37.1 Å². The Bertz CT molecular complexity index is 1660. The second kappa shape index (κ2) is 10.2. The lowest BCUT2D eigenvalue weighted by Gasteiger charge is -2.60. The molecule has 14 nitrogen and oxygen atoms in total. The van der Waals surface area contributed by atoms with Gasteiger partial charge >= 0.3 is 6.03 Å². The first-order valence-corrected chi connectivity index (χ1v) is 14.3.